The van der Waals surface area contributed by atoms with Gasteiger partial charge in [0.2, 0.25) is 6.17 Å². The molecule has 31 heavy (non-hydrogen) atoms. The summed E-state index contributed by atoms with van der Waals surface area (Å²) in [6.07, 6.45) is -0.962. The molecule has 3 aromatic rings. The molecule has 0 saturated heterocycles. The smallest absolute Gasteiger partial charge is 0.272 e. The molecule has 0 bridgehead atoms. The summed E-state index contributed by atoms with van der Waals surface area (Å²) in [5.41, 5.74) is 3.51. The van der Waals surface area contributed by atoms with Gasteiger partial charge in [0.15, 0.2) is 5.11 Å². The minimum absolute atomic E-state index is 0.265. The third-order valence-corrected chi connectivity index (χ3v) is 6.24. The standard InChI is InChI=1S/C21H17Cl2N5OS2/c1-11-9-17(31-27-11)24-21(30)26-19-20(29)28(2)16-8-7-12(22)10-14(16)18(25-19)13-5-3-4-6-15(13)23/h3-10,19H,1-2H3,(H2,24,26,30). The summed E-state index contributed by atoms with van der Waals surface area (Å²) in [5.74, 6) is -0.268. The molecule has 1 aliphatic heterocycles. The average molecular weight is 490 g/mol. The van der Waals surface area contributed by atoms with Gasteiger partial charge in [-0.1, -0.05) is 41.4 Å². The molecule has 1 unspecified atom stereocenters. The first-order chi connectivity index (χ1) is 14.8. The number of nitrogens with one attached hydrogen (secondary N) is 2. The van der Waals surface area contributed by atoms with Crippen LogP contribution in [0.25, 0.3) is 0 Å². The van der Waals surface area contributed by atoms with Crippen molar-refractivity contribution < 1.29 is 4.79 Å². The van der Waals surface area contributed by atoms with Crippen LogP contribution in [0.5, 0.6) is 0 Å². The average Bonchev–Trinajstić information content (AvgIpc) is 3.11. The second-order valence-corrected chi connectivity index (χ2v) is 8.91. The van der Waals surface area contributed by atoms with Crippen LogP contribution >= 0.6 is 47.0 Å². The summed E-state index contributed by atoms with van der Waals surface area (Å²) >= 11 is 19.5. The lowest BCUT2D eigenvalue weighted by atomic mass is 10.00. The lowest BCUT2D eigenvalue weighted by Crippen LogP contribution is -2.47. The highest BCUT2D eigenvalue weighted by Gasteiger charge is 2.31. The number of benzodiazepines with no additional fused rings is 1. The van der Waals surface area contributed by atoms with Crippen LogP contribution in [-0.2, 0) is 4.79 Å². The van der Waals surface area contributed by atoms with Crippen molar-refractivity contribution >= 4 is 74.4 Å². The summed E-state index contributed by atoms with van der Waals surface area (Å²) in [6, 6.07) is 14.5. The van der Waals surface area contributed by atoms with E-state index in [1.165, 1.54) is 16.4 Å². The molecule has 0 aliphatic carbocycles. The molecule has 2 heterocycles. The number of rotatable bonds is 3. The number of amides is 1. The zero-order valence-electron chi connectivity index (χ0n) is 16.5. The van der Waals surface area contributed by atoms with Gasteiger partial charge in [0, 0.05) is 28.2 Å². The predicted octanol–water partition coefficient (Wildman–Crippen LogP) is 4.88. The Morgan fingerprint density at radius 2 is 1.94 bits per heavy atom. The molecule has 0 radical (unpaired) electrons. The Morgan fingerprint density at radius 3 is 2.65 bits per heavy atom. The molecule has 158 valence electrons. The molecular formula is C21H17Cl2N5OS2. The van der Waals surface area contributed by atoms with E-state index >= 15 is 0 Å². The first-order valence-electron chi connectivity index (χ1n) is 9.24. The van der Waals surface area contributed by atoms with Gasteiger partial charge in [0.1, 0.15) is 5.00 Å². The van der Waals surface area contributed by atoms with E-state index in [4.69, 9.17) is 40.4 Å². The summed E-state index contributed by atoms with van der Waals surface area (Å²) in [5, 5.41) is 8.15. The molecule has 10 heteroatoms. The van der Waals surface area contributed by atoms with Gasteiger partial charge >= 0.3 is 0 Å². The lowest BCUT2D eigenvalue weighted by molar-refractivity contribution is -0.119. The Morgan fingerprint density at radius 1 is 1.16 bits per heavy atom. The Kier molecular flexibility index (Phi) is 6.24. The number of halogens is 2. The van der Waals surface area contributed by atoms with Crippen molar-refractivity contribution in [2.45, 2.75) is 13.1 Å². The highest BCUT2D eigenvalue weighted by Crippen LogP contribution is 2.31. The van der Waals surface area contributed by atoms with Crippen LogP contribution in [0.4, 0.5) is 10.7 Å². The maximum atomic E-state index is 13.2. The van der Waals surface area contributed by atoms with E-state index < -0.39 is 6.17 Å². The van der Waals surface area contributed by atoms with E-state index in [0.717, 1.165) is 10.7 Å². The molecule has 1 amide bonds. The van der Waals surface area contributed by atoms with Crippen LogP contribution in [-0.4, -0.2) is 34.3 Å². The quantitative estimate of drug-likeness (QED) is 0.512. The number of hydrogen-bond acceptors (Lipinski definition) is 5. The van der Waals surface area contributed by atoms with E-state index in [1.54, 1.807) is 31.3 Å². The molecule has 4 rings (SSSR count). The van der Waals surface area contributed by atoms with Crippen molar-refractivity contribution in [1.29, 1.82) is 0 Å². The zero-order valence-corrected chi connectivity index (χ0v) is 19.7. The van der Waals surface area contributed by atoms with E-state index in [0.29, 0.717) is 32.6 Å². The molecule has 2 aromatic carbocycles. The zero-order chi connectivity index (χ0) is 22.1. The Bertz CT molecular complexity index is 1210. The summed E-state index contributed by atoms with van der Waals surface area (Å²) in [6.45, 7) is 1.89. The van der Waals surface area contributed by atoms with Gasteiger partial charge < -0.3 is 15.5 Å². The maximum absolute atomic E-state index is 13.2. The Labute approximate surface area is 199 Å². The number of anilines is 2. The van der Waals surface area contributed by atoms with E-state index in [-0.39, 0.29) is 11.0 Å². The van der Waals surface area contributed by atoms with Crippen molar-refractivity contribution in [2.24, 2.45) is 4.99 Å². The fraction of sp³-hybridized carbons (Fsp3) is 0.143. The molecule has 1 aromatic heterocycles. The fourth-order valence-electron chi connectivity index (χ4n) is 3.20. The van der Waals surface area contributed by atoms with E-state index in [1.807, 2.05) is 31.2 Å². The van der Waals surface area contributed by atoms with Crippen LogP contribution in [0, 0.1) is 6.92 Å². The molecule has 0 spiro atoms. The number of fused-ring (bicyclic) bond motifs is 1. The lowest BCUT2D eigenvalue weighted by Gasteiger charge is -2.21. The molecule has 6 nitrogen and oxygen atoms in total. The summed E-state index contributed by atoms with van der Waals surface area (Å²) in [4.78, 5) is 19.5. The highest BCUT2D eigenvalue weighted by atomic mass is 35.5. The van der Waals surface area contributed by atoms with E-state index in [2.05, 4.69) is 15.0 Å². The van der Waals surface area contributed by atoms with Gasteiger partial charge in [-0.25, -0.2) is 4.99 Å². The van der Waals surface area contributed by atoms with E-state index in [9.17, 15) is 4.79 Å². The van der Waals surface area contributed by atoms with Crippen LogP contribution in [0.2, 0.25) is 10.0 Å². The van der Waals surface area contributed by atoms with Crippen molar-refractivity contribution in [3.8, 4) is 0 Å². The summed E-state index contributed by atoms with van der Waals surface area (Å²) < 4.78 is 4.22. The second-order valence-electron chi connectivity index (χ2n) is 6.85. The number of likely N-dealkylation sites (N-methyl/N-ethyl adjacent to an activating group) is 1. The first kappa shape index (κ1) is 21.7. The number of carbonyl (C=O) groups excluding carboxylic acids is 1. The molecule has 1 atom stereocenters. The minimum Gasteiger partial charge on any atom is -0.333 e. The third kappa shape index (κ3) is 4.57. The Hall–Kier alpha value is -2.52. The SMILES string of the molecule is Cc1cc(NC(=S)NC2N=C(c3ccccc3Cl)c3cc(Cl)ccc3N(C)C2=O)sn1. The number of nitrogens with zero attached hydrogens (tertiary/aromatic N) is 3. The van der Waals surface area contributed by atoms with Crippen molar-refractivity contribution in [3.63, 3.8) is 0 Å². The number of aromatic nitrogens is 1. The van der Waals surface area contributed by atoms with Gasteiger partial charge in [-0.3, -0.25) is 4.79 Å². The number of aryl methyl sites for hydroxylation is 1. The minimum atomic E-state index is -0.962. The number of aliphatic imine (C=N–C) groups is 1. The molecule has 0 saturated carbocycles. The topological polar surface area (TPSA) is 69.6 Å². The van der Waals surface area contributed by atoms with Gasteiger partial charge in [-0.2, -0.15) is 4.37 Å². The summed E-state index contributed by atoms with van der Waals surface area (Å²) in [7, 11) is 1.69. The van der Waals surface area contributed by atoms with Crippen LogP contribution in [0.1, 0.15) is 16.8 Å². The number of thiocarbonyl (C=S) groups is 1. The fourth-order valence-corrected chi connectivity index (χ4v) is 4.55. The Balaban J connectivity index is 1.76. The van der Waals surface area contributed by atoms with Crippen LogP contribution in [0.15, 0.2) is 53.5 Å². The van der Waals surface area contributed by atoms with Crippen LogP contribution in [0.3, 0.4) is 0 Å². The third-order valence-electron chi connectivity index (χ3n) is 4.66. The number of hydrogen-bond donors (Lipinski definition) is 2. The molecular weight excluding hydrogens is 473 g/mol. The molecule has 1 aliphatic rings. The molecule has 0 fully saturated rings. The maximum Gasteiger partial charge on any atom is 0.272 e. The number of carbonyl (C=O) groups is 1. The second kappa shape index (κ2) is 8.92. The van der Waals surface area contributed by atoms with Gasteiger partial charge in [0.05, 0.1) is 17.1 Å². The molecule has 2 N–H and O–H groups in total. The van der Waals surface area contributed by atoms with Crippen molar-refractivity contribution in [1.82, 2.24) is 9.69 Å². The monoisotopic (exact) mass is 489 g/mol. The largest absolute Gasteiger partial charge is 0.333 e. The van der Waals surface area contributed by atoms with Gasteiger partial charge in [-0.15, -0.1) is 0 Å². The predicted molar refractivity (Wildman–Crippen MR) is 132 cm³/mol. The van der Waals surface area contributed by atoms with Crippen molar-refractivity contribution in [3.05, 3.63) is 75.4 Å². The van der Waals surface area contributed by atoms with Crippen LogP contribution < -0.4 is 15.5 Å². The van der Waals surface area contributed by atoms with Crippen molar-refractivity contribution in [2.75, 3.05) is 17.3 Å². The van der Waals surface area contributed by atoms with Gasteiger partial charge in [-0.05, 0) is 61.0 Å². The normalized spacial score (nSPS) is 15.7. The van der Waals surface area contributed by atoms with Gasteiger partial charge in [0.25, 0.3) is 5.91 Å². The number of benzene rings is 2. The first-order valence-corrected chi connectivity index (χ1v) is 11.2. The highest BCUT2D eigenvalue weighted by molar-refractivity contribution is 7.80.